The van der Waals surface area contributed by atoms with E-state index in [1.54, 1.807) is 31.2 Å². The van der Waals surface area contributed by atoms with Crippen molar-refractivity contribution in [3.8, 4) is 5.75 Å². The number of nitrogens with one attached hydrogen (secondary N) is 2. The van der Waals surface area contributed by atoms with Gasteiger partial charge >= 0.3 is 0 Å². The Morgan fingerprint density at radius 3 is 2.72 bits per heavy atom. The SMILES string of the molecule is Cc1ccc(O[C@H](C)C(=O)Nc2ccccc2C(=O)NC[C@H]2CCCO2)c(C)c1. The van der Waals surface area contributed by atoms with Gasteiger partial charge < -0.3 is 20.1 Å². The first-order chi connectivity index (χ1) is 13.9. The molecule has 0 spiro atoms. The van der Waals surface area contributed by atoms with Gasteiger partial charge in [-0.1, -0.05) is 29.8 Å². The summed E-state index contributed by atoms with van der Waals surface area (Å²) in [4.78, 5) is 25.2. The second-order valence-corrected chi connectivity index (χ2v) is 7.41. The highest BCUT2D eigenvalue weighted by atomic mass is 16.5. The fraction of sp³-hybridized carbons (Fsp3) is 0.391. The van der Waals surface area contributed by atoms with Crippen LogP contribution in [0.25, 0.3) is 0 Å². The Morgan fingerprint density at radius 1 is 1.21 bits per heavy atom. The van der Waals surface area contributed by atoms with Crippen LogP contribution in [0.2, 0.25) is 0 Å². The van der Waals surface area contributed by atoms with E-state index in [9.17, 15) is 9.59 Å². The van der Waals surface area contributed by atoms with E-state index in [2.05, 4.69) is 10.6 Å². The Morgan fingerprint density at radius 2 is 2.00 bits per heavy atom. The molecule has 0 aliphatic carbocycles. The Kier molecular flexibility index (Phi) is 6.88. The predicted octanol–water partition coefficient (Wildman–Crippen LogP) is 3.62. The summed E-state index contributed by atoms with van der Waals surface area (Å²) in [5.41, 5.74) is 2.98. The van der Waals surface area contributed by atoms with Gasteiger partial charge in [0.15, 0.2) is 6.10 Å². The smallest absolute Gasteiger partial charge is 0.265 e. The van der Waals surface area contributed by atoms with Crippen molar-refractivity contribution in [1.29, 1.82) is 0 Å². The van der Waals surface area contributed by atoms with Gasteiger partial charge in [-0.15, -0.1) is 0 Å². The monoisotopic (exact) mass is 396 g/mol. The number of hydrogen-bond acceptors (Lipinski definition) is 4. The molecule has 6 nitrogen and oxygen atoms in total. The standard InChI is InChI=1S/C23H28N2O4/c1-15-10-11-21(16(2)13-15)29-17(3)22(26)25-20-9-5-4-8-19(20)23(27)24-14-18-7-6-12-28-18/h4-5,8-11,13,17-18H,6-7,12,14H2,1-3H3,(H,24,27)(H,25,26)/t17-,18-/m1/s1. The molecule has 1 aliphatic heterocycles. The zero-order valence-corrected chi connectivity index (χ0v) is 17.2. The summed E-state index contributed by atoms with van der Waals surface area (Å²) in [7, 11) is 0. The molecule has 1 saturated heterocycles. The first-order valence-electron chi connectivity index (χ1n) is 9.97. The molecule has 0 bridgehead atoms. The molecule has 0 saturated carbocycles. The average molecular weight is 396 g/mol. The highest BCUT2D eigenvalue weighted by molar-refractivity contribution is 6.04. The van der Waals surface area contributed by atoms with Crippen LogP contribution < -0.4 is 15.4 Å². The molecule has 2 N–H and O–H groups in total. The summed E-state index contributed by atoms with van der Waals surface area (Å²) < 4.78 is 11.4. The van der Waals surface area contributed by atoms with Crippen molar-refractivity contribution >= 4 is 17.5 Å². The van der Waals surface area contributed by atoms with E-state index in [-0.39, 0.29) is 17.9 Å². The van der Waals surface area contributed by atoms with Crippen LogP contribution in [0.5, 0.6) is 5.75 Å². The minimum atomic E-state index is -0.709. The molecule has 1 aliphatic rings. The maximum Gasteiger partial charge on any atom is 0.265 e. The molecule has 2 amide bonds. The molecule has 3 rings (SSSR count). The molecule has 0 unspecified atom stereocenters. The second kappa shape index (κ2) is 9.56. The van der Waals surface area contributed by atoms with Crippen molar-refractivity contribution in [3.05, 3.63) is 59.2 Å². The lowest BCUT2D eigenvalue weighted by atomic mass is 10.1. The fourth-order valence-electron chi connectivity index (χ4n) is 3.31. The van der Waals surface area contributed by atoms with E-state index in [1.165, 1.54) is 0 Å². The largest absolute Gasteiger partial charge is 0.481 e. The second-order valence-electron chi connectivity index (χ2n) is 7.41. The van der Waals surface area contributed by atoms with Crippen molar-refractivity contribution in [1.82, 2.24) is 5.32 Å². The topological polar surface area (TPSA) is 76.7 Å². The van der Waals surface area contributed by atoms with Gasteiger partial charge in [-0.25, -0.2) is 0 Å². The molecule has 2 aromatic carbocycles. The summed E-state index contributed by atoms with van der Waals surface area (Å²) in [5.74, 6) is 0.115. The summed E-state index contributed by atoms with van der Waals surface area (Å²) >= 11 is 0. The van der Waals surface area contributed by atoms with Gasteiger partial charge in [0.2, 0.25) is 0 Å². The summed E-state index contributed by atoms with van der Waals surface area (Å²) in [6.07, 6.45) is 1.32. The Balaban J connectivity index is 1.62. The molecule has 2 atom stereocenters. The molecule has 1 fully saturated rings. The quantitative estimate of drug-likeness (QED) is 0.749. The number of amides is 2. The van der Waals surface area contributed by atoms with E-state index in [4.69, 9.17) is 9.47 Å². The number of benzene rings is 2. The molecule has 2 aromatic rings. The van der Waals surface area contributed by atoms with Gasteiger partial charge in [-0.2, -0.15) is 0 Å². The molecule has 1 heterocycles. The van der Waals surface area contributed by atoms with Gasteiger partial charge in [0.05, 0.1) is 17.4 Å². The van der Waals surface area contributed by atoms with Crippen LogP contribution in [-0.4, -0.2) is 37.2 Å². The van der Waals surface area contributed by atoms with Gasteiger partial charge in [0, 0.05) is 13.2 Å². The molecular weight excluding hydrogens is 368 g/mol. The van der Waals surface area contributed by atoms with E-state index in [1.807, 2.05) is 32.0 Å². The Hall–Kier alpha value is -2.86. The van der Waals surface area contributed by atoms with Gasteiger partial charge in [0.1, 0.15) is 5.75 Å². The van der Waals surface area contributed by atoms with Crippen LogP contribution in [0.3, 0.4) is 0 Å². The lowest BCUT2D eigenvalue weighted by molar-refractivity contribution is -0.122. The summed E-state index contributed by atoms with van der Waals surface area (Å²) in [6, 6.07) is 12.8. The average Bonchev–Trinajstić information content (AvgIpc) is 3.22. The number of aryl methyl sites for hydroxylation is 2. The highest BCUT2D eigenvalue weighted by Gasteiger charge is 2.21. The van der Waals surface area contributed by atoms with Crippen LogP contribution in [0, 0.1) is 13.8 Å². The van der Waals surface area contributed by atoms with Gasteiger partial charge in [-0.05, 0) is 57.4 Å². The lowest BCUT2D eigenvalue weighted by Gasteiger charge is -2.18. The lowest BCUT2D eigenvalue weighted by Crippen LogP contribution is -2.34. The molecule has 0 radical (unpaired) electrons. The molecule has 6 heteroatoms. The van der Waals surface area contributed by atoms with Crippen molar-refractivity contribution < 1.29 is 19.1 Å². The number of hydrogen-bond donors (Lipinski definition) is 2. The van der Waals surface area contributed by atoms with Crippen molar-refractivity contribution in [3.63, 3.8) is 0 Å². The third kappa shape index (κ3) is 5.57. The first-order valence-corrected chi connectivity index (χ1v) is 9.97. The predicted molar refractivity (Wildman–Crippen MR) is 112 cm³/mol. The zero-order valence-electron chi connectivity index (χ0n) is 17.2. The fourth-order valence-corrected chi connectivity index (χ4v) is 3.31. The summed E-state index contributed by atoms with van der Waals surface area (Å²) in [6.45, 7) is 6.85. The van der Waals surface area contributed by atoms with Crippen molar-refractivity contribution in [2.24, 2.45) is 0 Å². The first kappa shape index (κ1) is 20.9. The van der Waals surface area contributed by atoms with E-state index < -0.39 is 6.10 Å². The van der Waals surface area contributed by atoms with Crippen LogP contribution in [0.4, 0.5) is 5.69 Å². The number of rotatable bonds is 7. The molecule has 0 aromatic heterocycles. The van der Waals surface area contributed by atoms with Crippen LogP contribution in [-0.2, 0) is 9.53 Å². The molecule has 29 heavy (non-hydrogen) atoms. The third-order valence-corrected chi connectivity index (χ3v) is 4.95. The minimum Gasteiger partial charge on any atom is -0.481 e. The maximum absolute atomic E-state index is 12.6. The number of para-hydroxylation sites is 1. The van der Waals surface area contributed by atoms with Crippen LogP contribution >= 0.6 is 0 Å². The number of anilines is 1. The molecular formula is C23H28N2O4. The zero-order chi connectivity index (χ0) is 20.8. The Labute approximate surface area is 171 Å². The van der Waals surface area contributed by atoms with E-state index in [0.29, 0.717) is 23.5 Å². The maximum atomic E-state index is 12.6. The Bertz CT molecular complexity index is 875. The van der Waals surface area contributed by atoms with Crippen molar-refractivity contribution in [2.45, 2.75) is 45.8 Å². The van der Waals surface area contributed by atoms with E-state index in [0.717, 1.165) is 30.6 Å². The number of carbonyl (C=O) groups is 2. The van der Waals surface area contributed by atoms with Gasteiger partial charge in [-0.3, -0.25) is 9.59 Å². The number of ether oxygens (including phenoxy) is 2. The normalized spacial score (nSPS) is 16.9. The van der Waals surface area contributed by atoms with Crippen LogP contribution in [0.15, 0.2) is 42.5 Å². The minimum absolute atomic E-state index is 0.0619. The molecule has 154 valence electrons. The van der Waals surface area contributed by atoms with Crippen LogP contribution in [0.1, 0.15) is 41.3 Å². The highest BCUT2D eigenvalue weighted by Crippen LogP contribution is 2.21. The van der Waals surface area contributed by atoms with Gasteiger partial charge in [0.25, 0.3) is 11.8 Å². The third-order valence-electron chi connectivity index (χ3n) is 4.95. The number of carbonyl (C=O) groups excluding carboxylic acids is 2. The summed E-state index contributed by atoms with van der Waals surface area (Å²) in [5, 5.41) is 5.70. The van der Waals surface area contributed by atoms with E-state index >= 15 is 0 Å². The van der Waals surface area contributed by atoms with Crippen molar-refractivity contribution in [2.75, 3.05) is 18.5 Å².